The molecule has 1 aliphatic rings. The zero-order chi connectivity index (χ0) is 8.16. The van der Waals surface area contributed by atoms with Crippen LogP contribution in [0, 0.1) is 11.8 Å². The molecule has 0 spiro atoms. The molecule has 1 heterocycles. The van der Waals surface area contributed by atoms with E-state index in [1.165, 1.54) is 12.8 Å². The van der Waals surface area contributed by atoms with Crippen molar-refractivity contribution >= 4 is 11.6 Å². The SMILES string of the molecule is CCCCC#CC1(CCl)CO1. The van der Waals surface area contributed by atoms with Crippen molar-refractivity contribution in [3.8, 4) is 11.8 Å². The largest absolute Gasteiger partial charge is 0.355 e. The zero-order valence-corrected chi connectivity index (χ0v) is 7.58. The highest BCUT2D eigenvalue weighted by Gasteiger charge is 2.42. The Balaban J connectivity index is 2.20. The van der Waals surface area contributed by atoms with E-state index in [4.69, 9.17) is 16.3 Å². The second kappa shape index (κ2) is 3.99. The first-order chi connectivity index (χ1) is 5.33. The van der Waals surface area contributed by atoms with E-state index in [9.17, 15) is 0 Å². The molecule has 1 nitrogen and oxygen atoms in total. The van der Waals surface area contributed by atoms with Gasteiger partial charge in [-0.2, -0.15) is 0 Å². The normalized spacial score (nSPS) is 27.5. The summed E-state index contributed by atoms with van der Waals surface area (Å²) in [5.74, 6) is 6.64. The van der Waals surface area contributed by atoms with Gasteiger partial charge in [-0.15, -0.1) is 17.5 Å². The highest BCUT2D eigenvalue weighted by Crippen LogP contribution is 2.27. The van der Waals surface area contributed by atoms with E-state index in [0.717, 1.165) is 13.0 Å². The molecule has 2 heteroatoms. The highest BCUT2D eigenvalue weighted by molar-refractivity contribution is 6.19. The number of unbranched alkanes of at least 4 members (excludes halogenated alkanes) is 2. The Bertz CT molecular complexity index is 174. The van der Waals surface area contributed by atoms with Crippen LogP contribution in [-0.2, 0) is 4.74 Å². The molecule has 1 saturated heterocycles. The Morgan fingerprint density at radius 1 is 1.64 bits per heavy atom. The van der Waals surface area contributed by atoms with Crippen LogP contribution in [-0.4, -0.2) is 18.1 Å². The van der Waals surface area contributed by atoms with E-state index in [2.05, 4.69) is 18.8 Å². The number of epoxide rings is 1. The average molecular weight is 173 g/mol. The van der Waals surface area contributed by atoms with Crippen molar-refractivity contribution in [3.05, 3.63) is 0 Å². The maximum Gasteiger partial charge on any atom is 0.165 e. The lowest BCUT2D eigenvalue weighted by molar-refractivity contribution is 0.380. The lowest BCUT2D eigenvalue weighted by Crippen LogP contribution is -2.08. The number of hydrogen-bond donors (Lipinski definition) is 0. The molecule has 0 amide bonds. The quantitative estimate of drug-likeness (QED) is 0.275. The van der Waals surface area contributed by atoms with Gasteiger partial charge in [-0.3, -0.25) is 0 Å². The van der Waals surface area contributed by atoms with Gasteiger partial charge in [0.2, 0.25) is 0 Å². The van der Waals surface area contributed by atoms with Gasteiger partial charge in [0.1, 0.15) is 0 Å². The molecular formula is C9H13ClO. The second-order valence-electron chi connectivity index (χ2n) is 2.82. The predicted octanol–water partition coefficient (Wildman–Crippen LogP) is 2.19. The van der Waals surface area contributed by atoms with Gasteiger partial charge < -0.3 is 4.74 Å². The topological polar surface area (TPSA) is 12.5 Å². The van der Waals surface area contributed by atoms with Crippen LogP contribution in [0.2, 0.25) is 0 Å². The Hall–Kier alpha value is -0.190. The average Bonchev–Trinajstić information content (AvgIpc) is 2.80. The van der Waals surface area contributed by atoms with Crippen LogP contribution < -0.4 is 0 Å². The first-order valence-electron chi connectivity index (χ1n) is 4.03. The fourth-order valence-corrected chi connectivity index (χ4v) is 0.980. The lowest BCUT2D eigenvalue weighted by atomic mass is 10.2. The standard InChI is InChI=1S/C9H13ClO/c1-2-3-4-5-6-9(7-10)8-11-9/h2-4,7-8H2,1H3. The van der Waals surface area contributed by atoms with Crippen LogP contribution in [0.1, 0.15) is 26.2 Å². The van der Waals surface area contributed by atoms with Crippen LogP contribution in [0.5, 0.6) is 0 Å². The molecule has 1 aliphatic heterocycles. The smallest absolute Gasteiger partial charge is 0.165 e. The summed E-state index contributed by atoms with van der Waals surface area (Å²) in [5.41, 5.74) is -0.255. The van der Waals surface area contributed by atoms with Crippen LogP contribution in [0.4, 0.5) is 0 Å². The van der Waals surface area contributed by atoms with Gasteiger partial charge in [0.15, 0.2) is 5.60 Å². The van der Waals surface area contributed by atoms with Crippen molar-refractivity contribution in [2.45, 2.75) is 31.8 Å². The minimum Gasteiger partial charge on any atom is -0.355 e. The summed E-state index contributed by atoms with van der Waals surface area (Å²) in [5, 5.41) is 0. The van der Waals surface area contributed by atoms with Gasteiger partial charge in [-0.05, 0) is 6.42 Å². The minimum absolute atomic E-state index is 0.255. The van der Waals surface area contributed by atoms with Crippen molar-refractivity contribution in [1.29, 1.82) is 0 Å². The monoisotopic (exact) mass is 172 g/mol. The molecule has 0 N–H and O–H groups in total. The van der Waals surface area contributed by atoms with E-state index < -0.39 is 0 Å². The van der Waals surface area contributed by atoms with Gasteiger partial charge in [0.25, 0.3) is 0 Å². The van der Waals surface area contributed by atoms with Gasteiger partial charge >= 0.3 is 0 Å². The molecule has 62 valence electrons. The van der Waals surface area contributed by atoms with Crippen molar-refractivity contribution in [1.82, 2.24) is 0 Å². The maximum absolute atomic E-state index is 5.64. The molecule has 0 saturated carbocycles. The molecule has 0 aliphatic carbocycles. The Labute approximate surface area is 73.1 Å². The van der Waals surface area contributed by atoms with Crippen LogP contribution in [0.25, 0.3) is 0 Å². The van der Waals surface area contributed by atoms with E-state index in [1.54, 1.807) is 0 Å². The summed E-state index contributed by atoms with van der Waals surface area (Å²) in [6.45, 7) is 2.88. The second-order valence-corrected chi connectivity index (χ2v) is 3.09. The van der Waals surface area contributed by atoms with E-state index in [0.29, 0.717) is 5.88 Å². The van der Waals surface area contributed by atoms with Crippen molar-refractivity contribution in [3.63, 3.8) is 0 Å². The number of halogens is 1. The molecule has 1 unspecified atom stereocenters. The third-order valence-corrected chi connectivity index (χ3v) is 2.11. The zero-order valence-electron chi connectivity index (χ0n) is 6.82. The molecule has 0 aromatic carbocycles. The summed E-state index contributed by atoms with van der Waals surface area (Å²) in [4.78, 5) is 0. The molecule has 1 rings (SSSR count). The minimum atomic E-state index is -0.255. The molecule has 0 aromatic heterocycles. The summed E-state index contributed by atoms with van der Waals surface area (Å²) < 4.78 is 5.12. The molecule has 0 bridgehead atoms. The van der Waals surface area contributed by atoms with Gasteiger partial charge in [-0.1, -0.05) is 19.3 Å². The number of hydrogen-bond acceptors (Lipinski definition) is 1. The van der Waals surface area contributed by atoms with Gasteiger partial charge in [0, 0.05) is 6.42 Å². The number of rotatable bonds is 3. The first kappa shape index (κ1) is 8.90. The summed E-state index contributed by atoms with van der Waals surface area (Å²) in [6.07, 6.45) is 3.34. The number of alkyl halides is 1. The third kappa shape index (κ3) is 2.73. The van der Waals surface area contributed by atoms with E-state index in [-0.39, 0.29) is 5.60 Å². The summed E-state index contributed by atoms with van der Waals surface area (Å²) in [7, 11) is 0. The molecule has 1 fully saturated rings. The number of ether oxygens (including phenoxy) is 1. The molecule has 11 heavy (non-hydrogen) atoms. The fraction of sp³-hybridized carbons (Fsp3) is 0.778. The van der Waals surface area contributed by atoms with Crippen molar-refractivity contribution < 1.29 is 4.74 Å². The fourth-order valence-electron chi connectivity index (χ4n) is 0.759. The molecular weight excluding hydrogens is 160 g/mol. The van der Waals surface area contributed by atoms with Gasteiger partial charge in [-0.25, -0.2) is 0 Å². The predicted molar refractivity (Wildman–Crippen MR) is 46.7 cm³/mol. The Kier molecular flexibility index (Phi) is 3.23. The lowest BCUT2D eigenvalue weighted by Gasteiger charge is -1.93. The Morgan fingerprint density at radius 2 is 2.36 bits per heavy atom. The molecule has 0 radical (unpaired) electrons. The summed E-state index contributed by atoms with van der Waals surface area (Å²) >= 11 is 5.64. The van der Waals surface area contributed by atoms with Gasteiger partial charge in [0.05, 0.1) is 12.5 Å². The van der Waals surface area contributed by atoms with Crippen LogP contribution in [0.15, 0.2) is 0 Å². The van der Waals surface area contributed by atoms with Crippen LogP contribution >= 0.6 is 11.6 Å². The Morgan fingerprint density at radius 3 is 2.82 bits per heavy atom. The van der Waals surface area contributed by atoms with E-state index in [1.807, 2.05) is 0 Å². The van der Waals surface area contributed by atoms with E-state index >= 15 is 0 Å². The van der Waals surface area contributed by atoms with Crippen molar-refractivity contribution in [2.24, 2.45) is 0 Å². The molecule has 0 aromatic rings. The summed E-state index contributed by atoms with van der Waals surface area (Å²) in [6, 6.07) is 0. The molecule has 1 atom stereocenters. The highest BCUT2D eigenvalue weighted by atomic mass is 35.5. The first-order valence-corrected chi connectivity index (χ1v) is 4.56. The third-order valence-electron chi connectivity index (χ3n) is 1.68. The van der Waals surface area contributed by atoms with Crippen molar-refractivity contribution in [2.75, 3.05) is 12.5 Å². The van der Waals surface area contributed by atoms with Crippen LogP contribution in [0.3, 0.4) is 0 Å². The maximum atomic E-state index is 5.64.